The molecule has 1 aromatic heterocycles. The lowest BCUT2D eigenvalue weighted by Gasteiger charge is -2.38. The largest absolute Gasteiger partial charge is 0.352 e. The van der Waals surface area contributed by atoms with Crippen LogP contribution in [0.2, 0.25) is 16.6 Å². The number of aryl methyl sites for hydroxylation is 1. The highest BCUT2D eigenvalue weighted by molar-refractivity contribution is 6.90. The van der Waals surface area contributed by atoms with E-state index in [0.717, 1.165) is 12.1 Å². The Hall–Kier alpha value is -0.943. The van der Waals surface area contributed by atoms with E-state index < -0.39 is 8.07 Å². The van der Waals surface area contributed by atoms with E-state index >= 15 is 0 Å². The third kappa shape index (κ3) is 3.29. The number of aromatic nitrogens is 1. The molecule has 0 atom stereocenters. The topological polar surface area (TPSA) is 15.8 Å². The molecule has 1 nitrogen and oxygen atoms in total. The Balaban J connectivity index is 3.36. The van der Waals surface area contributed by atoms with Gasteiger partial charge in [0.05, 0.1) is 5.69 Å². The van der Waals surface area contributed by atoms with Gasteiger partial charge in [-0.05, 0) is 48.0 Å². The molecule has 0 aromatic carbocycles. The monoisotopic (exact) mass is 303 g/mol. The average molecular weight is 304 g/mol. The van der Waals surface area contributed by atoms with Crippen molar-refractivity contribution in [3.05, 3.63) is 22.5 Å². The smallest absolute Gasteiger partial charge is 0.146 e. The zero-order valence-corrected chi connectivity index (χ0v) is 16.4. The molecule has 2 heteroatoms. The van der Waals surface area contributed by atoms with Gasteiger partial charge in [-0.15, -0.1) is 5.54 Å². The second kappa shape index (κ2) is 6.88. The predicted octanol–water partition coefficient (Wildman–Crippen LogP) is 5.76. The molecule has 118 valence electrons. The van der Waals surface area contributed by atoms with Crippen molar-refractivity contribution in [1.29, 1.82) is 0 Å². The van der Waals surface area contributed by atoms with E-state index in [0.29, 0.717) is 16.6 Å². The number of aromatic amines is 1. The molecule has 0 saturated heterocycles. The van der Waals surface area contributed by atoms with E-state index in [4.69, 9.17) is 0 Å². The fourth-order valence-electron chi connectivity index (χ4n) is 4.05. The second-order valence-electron chi connectivity index (χ2n) is 7.23. The molecule has 0 saturated carbocycles. The van der Waals surface area contributed by atoms with Crippen LogP contribution in [0.1, 0.15) is 71.0 Å². The van der Waals surface area contributed by atoms with Gasteiger partial charge in [-0.25, -0.2) is 0 Å². The number of H-pyrrole nitrogens is 1. The first-order valence-electron chi connectivity index (χ1n) is 8.39. The molecule has 0 unspecified atom stereocenters. The van der Waals surface area contributed by atoms with Crippen molar-refractivity contribution < 1.29 is 0 Å². The minimum atomic E-state index is -1.63. The summed E-state index contributed by atoms with van der Waals surface area (Å²) in [6.45, 7) is 20.8. The molecule has 0 aliphatic heterocycles. The van der Waals surface area contributed by atoms with Crippen molar-refractivity contribution in [2.75, 3.05) is 0 Å². The molecule has 0 radical (unpaired) electrons. The van der Waals surface area contributed by atoms with Crippen LogP contribution in [0.5, 0.6) is 0 Å². The molecule has 1 rings (SSSR count). The fraction of sp³-hybridized carbons (Fsp3) is 0.684. The van der Waals surface area contributed by atoms with E-state index in [1.807, 2.05) is 0 Å². The third-order valence-electron chi connectivity index (χ3n) is 5.22. The summed E-state index contributed by atoms with van der Waals surface area (Å²) >= 11 is 0. The summed E-state index contributed by atoms with van der Waals surface area (Å²) in [5.74, 6) is 3.55. The van der Waals surface area contributed by atoms with E-state index in [1.165, 1.54) is 16.8 Å². The minimum Gasteiger partial charge on any atom is -0.352 e. The van der Waals surface area contributed by atoms with E-state index in [2.05, 4.69) is 78.8 Å². The lowest BCUT2D eigenvalue weighted by Crippen LogP contribution is -2.43. The maximum absolute atomic E-state index is 3.81. The maximum Gasteiger partial charge on any atom is 0.146 e. The van der Waals surface area contributed by atoms with Crippen LogP contribution in [-0.4, -0.2) is 13.1 Å². The van der Waals surface area contributed by atoms with Gasteiger partial charge in [-0.2, -0.15) is 0 Å². The quantitative estimate of drug-likeness (QED) is 0.537. The second-order valence-corrected chi connectivity index (χ2v) is 12.8. The van der Waals surface area contributed by atoms with Gasteiger partial charge in [0.15, 0.2) is 0 Å². The first-order valence-corrected chi connectivity index (χ1v) is 10.6. The van der Waals surface area contributed by atoms with Gasteiger partial charge in [0.1, 0.15) is 8.07 Å². The standard InChI is InChI=1S/C19H33NSi/c1-10-18-16(8)19(20-17(18)9)11-12-21(13(2)3,14(4)5)15(6)7/h13-15,20H,10H2,1-9H3. The number of rotatable bonds is 4. The highest BCUT2D eigenvalue weighted by Gasteiger charge is 2.41. The van der Waals surface area contributed by atoms with Crippen LogP contribution in [0.25, 0.3) is 0 Å². The first-order chi connectivity index (χ1) is 9.68. The van der Waals surface area contributed by atoms with Crippen molar-refractivity contribution in [3.63, 3.8) is 0 Å². The summed E-state index contributed by atoms with van der Waals surface area (Å²) < 4.78 is 0. The van der Waals surface area contributed by atoms with Crippen molar-refractivity contribution in [1.82, 2.24) is 4.98 Å². The molecule has 0 fully saturated rings. The van der Waals surface area contributed by atoms with Crippen molar-refractivity contribution >= 4 is 8.07 Å². The molecule has 1 N–H and O–H groups in total. The zero-order chi connectivity index (χ0) is 16.4. The van der Waals surface area contributed by atoms with Crippen LogP contribution >= 0.6 is 0 Å². The zero-order valence-electron chi connectivity index (χ0n) is 15.4. The predicted molar refractivity (Wildman–Crippen MR) is 97.6 cm³/mol. The van der Waals surface area contributed by atoms with Gasteiger partial charge in [0.2, 0.25) is 0 Å². The van der Waals surface area contributed by atoms with Crippen LogP contribution in [0, 0.1) is 25.3 Å². The molecule has 0 amide bonds. The summed E-state index contributed by atoms with van der Waals surface area (Å²) in [6.07, 6.45) is 1.08. The third-order valence-corrected chi connectivity index (χ3v) is 11.5. The number of nitrogens with one attached hydrogen (secondary N) is 1. The van der Waals surface area contributed by atoms with Gasteiger partial charge in [-0.1, -0.05) is 54.4 Å². The Labute approximate surface area is 132 Å². The molecule has 1 aromatic rings. The lowest BCUT2D eigenvalue weighted by atomic mass is 10.1. The average Bonchev–Trinajstić information content (AvgIpc) is 2.63. The van der Waals surface area contributed by atoms with Crippen molar-refractivity contribution in [2.45, 2.75) is 85.4 Å². The Morgan fingerprint density at radius 1 is 0.952 bits per heavy atom. The molecular weight excluding hydrogens is 270 g/mol. The molecule has 0 aliphatic rings. The summed E-state index contributed by atoms with van der Waals surface area (Å²) in [6, 6.07) is 0. The Bertz CT molecular complexity index is 516. The summed E-state index contributed by atoms with van der Waals surface area (Å²) in [4.78, 5) is 3.50. The number of hydrogen-bond acceptors (Lipinski definition) is 0. The normalized spacial score (nSPS) is 12.2. The minimum absolute atomic E-state index is 0.687. The first kappa shape index (κ1) is 18.1. The Morgan fingerprint density at radius 3 is 1.76 bits per heavy atom. The number of hydrogen-bond donors (Lipinski definition) is 1. The highest BCUT2D eigenvalue weighted by Crippen LogP contribution is 2.40. The van der Waals surface area contributed by atoms with Gasteiger partial charge in [0.25, 0.3) is 0 Å². The molecule has 0 bridgehead atoms. The molecule has 1 heterocycles. The van der Waals surface area contributed by atoms with Gasteiger partial charge in [-0.3, -0.25) is 0 Å². The lowest BCUT2D eigenvalue weighted by molar-refractivity contribution is 0.838. The molecule has 0 aliphatic carbocycles. The molecular formula is C19H33NSi. The van der Waals surface area contributed by atoms with Crippen LogP contribution < -0.4 is 0 Å². The van der Waals surface area contributed by atoms with E-state index in [9.17, 15) is 0 Å². The maximum atomic E-state index is 3.81. The van der Waals surface area contributed by atoms with Crippen LogP contribution in [-0.2, 0) is 6.42 Å². The Kier molecular flexibility index (Phi) is 5.93. The van der Waals surface area contributed by atoms with Gasteiger partial charge in [0, 0.05) is 5.69 Å². The Morgan fingerprint density at radius 2 is 1.43 bits per heavy atom. The van der Waals surface area contributed by atoms with Crippen LogP contribution in [0.3, 0.4) is 0 Å². The SMILES string of the molecule is CCc1c(C)[nH]c(C#C[Si](C(C)C)(C(C)C)C(C)C)c1C. The summed E-state index contributed by atoms with van der Waals surface area (Å²) in [5, 5.41) is 0. The van der Waals surface area contributed by atoms with Crippen LogP contribution in [0.15, 0.2) is 0 Å². The summed E-state index contributed by atoms with van der Waals surface area (Å²) in [5.41, 5.74) is 11.1. The fourth-order valence-corrected chi connectivity index (χ4v) is 9.26. The highest BCUT2D eigenvalue weighted by atomic mass is 28.3. The molecule has 0 spiro atoms. The van der Waals surface area contributed by atoms with Crippen molar-refractivity contribution in [2.24, 2.45) is 0 Å². The van der Waals surface area contributed by atoms with E-state index in [-0.39, 0.29) is 0 Å². The van der Waals surface area contributed by atoms with E-state index in [1.54, 1.807) is 0 Å². The summed E-state index contributed by atoms with van der Waals surface area (Å²) in [7, 11) is -1.63. The van der Waals surface area contributed by atoms with Crippen molar-refractivity contribution in [3.8, 4) is 11.5 Å². The molecule has 21 heavy (non-hydrogen) atoms. The van der Waals surface area contributed by atoms with Gasteiger partial charge >= 0.3 is 0 Å². The van der Waals surface area contributed by atoms with Gasteiger partial charge < -0.3 is 4.98 Å². The van der Waals surface area contributed by atoms with Crippen LogP contribution in [0.4, 0.5) is 0 Å².